The average Bonchev–Trinajstić information content (AvgIpc) is 3.05. The third-order valence-corrected chi connectivity index (χ3v) is 9.71. The molecule has 4 aliphatic rings. The summed E-state index contributed by atoms with van der Waals surface area (Å²) < 4.78 is 89.9. The number of alkyl halides is 6. The van der Waals surface area contributed by atoms with Crippen molar-refractivity contribution in [3.05, 3.63) is 92.7 Å². The van der Waals surface area contributed by atoms with Crippen LogP contribution in [0.4, 0.5) is 26.3 Å². The van der Waals surface area contributed by atoms with E-state index in [1.807, 2.05) is 19.1 Å². The van der Waals surface area contributed by atoms with Crippen LogP contribution in [0.2, 0.25) is 0 Å². The van der Waals surface area contributed by atoms with Gasteiger partial charge in [0.2, 0.25) is 6.04 Å². The maximum Gasteiger partial charge on any atom is 0.416 e. The van der Waals surface area contributed by atoms with Gasteiger partial charge in [-0.2, -0.15) is 26.3 Å². The molecule has 13 heteroatoms. The Labute approximate surface area is 270 Å². The van der Waals surface area contributed by atoms with Crippen LogP contribution in [0.15, 0.2) is 60.0 Å². The number of rotatable bonds is 5. The summed E-state index contributed by atoms with van der Waals surface area (Å²) in [6.07, 6.45) is -3.68. The molecular formula is C34H40F6N5O2+. The molecule has 7 nitrogen and oxygen atoms in total. The highest BCUT2D eigenvalue weighted by Gasteiger charge is 2.44. The van der Waals surface area contributed by atoms with Gasteiger partial charge in [-0.05, 0) is 81.1 Å². The van der Waals surface area contributed by atoms with Crippen molar-refractivity contribution in [1.82, 2.24) is 20.4 Å². The molecule has 0 bridgehead atoms. The van der Waals surface area contributed by atoms with Gasteiger partial charge in [-0.1, -0.05) is 24.6 Å². The van der Waals surface area contributed by atoms with Crippen molar-refractivity contribution in [3.8, 4) is 0 Å². The zero-order valence-electron chi connectivity index (χ0n) is 26.3. The van der Waals surface area contributed by atoms with Crippen molar-refractivity contribution in [2.45, 2.75) is 76.1 Å². The van der Waals surface area contributed by atoms with E-state index in [1.54, 1.807) is 18.2 Å². The van der Waals surface area contributed by atoms with Crippen LogP contribution in [0.5, 0.6) is 0 Å². The SMILES string of the molecule is Cc1ccccc1/C1=C/C(N2CCC(N3CCCCC3)CC2)OC2=C(CNCN2)C(Cc2cc(C(F)(F)F)cc(C(F)(F)F)c2)[N+]1=O. The summed E-state index contributed by atoms with van der Waals surface area (Å²) in [7, 11) is 0. The van der Waals surface area contributed by atoms with Crippen LogP contribution in [0.3, 0.4) is 0 Å². The van der Waals surface area contributed by atoms with Gasteiger partial charge in [-0.15, -0.1) is 0 Å². The number of likely N-dealkylation sites (tertiary alicyclic amines) is 2. The van der Waals surface area contributed by atoms with Crippen LogP contribution in [0.25, 0.3) is 5.70 Å². The maximum absolute atomic E-state index is 14.6. The predicted octanol–water partition coefficient (Wildman–Crippen LogP) is 6.43. The minimum absolute atomic E-state index is 0.103. The highest BCUT2D eigenvalue weighted by molar-refractivity contribution is 5.62. The number of aryl methyl sites for hydroxylation is 1. The lowest BCUT2D eigenvalue weighted by Gasteiger charge is -2.42. The second kappa shape index (κ2) is 13.6. The molecule has 2 unspecified atom stereocenters. The fraction of sp³-hybridized carbons (Fsp3) is 0.529. The number of piperidine rings is 2. The third kappa shape index (κ3) is 7.52. The fourth-order valence-electron chi connectivity index (χ4n) is 7.20. The molecule has 0 amide bonds. The number of nitrogens with zero attached hydrogens (tertiary/aromatic N) is 3. The molecule has 2 fully saturated rings. The van der Waals surface area contributed by atoms with Crippen LogP contribution in [-0.2, 0) is 23.5 Å². The van der Waals surface area contributed by atoms with E-state index in [2.05, 4.69) is 20.4 Å². The Hall–Kier alpha value is -3.42. The molecule has 2 N–H and O–H groups in total. The Morgan fingerprint density at radius 3 is 2.19 bits per heavy atom. The lowest BCUT2D eigenvalue weighted by Crippen LogP contribution is -2.51. The molecule has 0 aliphatic carbocycles. The quantitative estimate of drug-likeness (QED) is 0.284. The van der Waals surface area contributed by atoms with Crippen LogP contribution < -0.4 is 10.6 Å². The van der Waals surface area contributed by atoms with Crippen LogP contribution in [0.1, 0.15) is 59.9 Å². The average molecular weight is 665 g/mol. The number of ether oxygens (including phenoxy) is 1. The van der Waals surface area contributed by atoms with E-state index in [-0.39, 0.29) is 23.9 Å². The molecule has 6 rings (SSSR count). The van der Waals surface area contributed by atoms with E-state index in [9.17, 15) is 31.2 Å². The van der Waals surface area contributed by atoms with E-state index in [0.29, 0.717) is 41.9 Å². The summed E-state index contributed by atoms with van der Waals surface area (Å²) >= 11 is 0. The predicted molar refractivity (Wildman–Crippen MR) is 165 cm³/mol. The highest BCUT2D eigenvalue weighted by Crippen LogP contribution is 2.38. The Morgan fingerprint density at radius 1 is 0.894 bits per heavy atom. The molecule has 0 aromatic heterocycles. The molecular weight excluding hydrogens is 624 g/mol. The largest absolute Gasteiger partial charge is 0.456 e. The van der Waals surface area contributed by atoms with Crippen molar-refractivity contribution in [2.75, 3.05) is 39.4 Å². The smallest absolute Gasteiger partial charge is 0.416 e. The van der Waals surface area contributed by atoms with E-state index in [0.717, 1.165) is 49.3 Å². The summed E-state index contributed by atoms with van der Waals surface area (Å²) in [6.45, 7) is 6.06. The number of halogens is 6. The summed E-state index contributed by atoms with van der Waals surface area (Å²) in [5.41, 5.74) is -0.978. The van der Waals surface area contributed by atoms with Gasteiger partial charge in [0.05, 0.1) is 28.9 Å². The number of nitrogens with one attached hydrogen (secondary N) is 2. The van der Waals surface area contributed by atoms with Crippen LogP contribution in [0, 0.1) is 11.8 Å². The first-order valence-electron chi connectivity index (χ1n) is 16.2. The summed E-state index contributed by atoms with van der Waals surface area (Å²) in [4.78, 5) is 19.4. The van der Waals surface area contributed by atoms with E-state index < -0.39 is 42.2 Å². The Kier molecular flexibility index (Phi) is 9.69. The molecule has 254 valence electrons. The van der Waals surface area contributed by atoms with Crippen LogP contribution >= 0.6 is 0 Å². The number of benzene rings is 2. The normalized spacial score (nSPS) is 25.3. The van der Waals surface area contributed by atoms with Gasteiger partial charge in [0.1, 0.15) is 0 Å². The molecule has 0 radical (unpaired) electrons. The molecule has 0 saturated carbocycles. The lowest BCUT2D eigenvalue weighted by atomic mass is 9.93. The molecule has 47 heavy (non-hydrogen) atoms. The Bertz CT molecular complexity index is 1490. The van der Waals surface area contributed by atoms with Crippen molar-refractivity contribution >= 4 is 5.70 Å². The summed E-state index contributed by atoms with van der Waals surface area (Å²) in [5.74, 6) is 0.320. The zero-order valence-corrected chi connectivity index (χ0v) is 26.3. The lowest BCUT2D eigenvalue weighted by molar-refractivity contribution is -0.489. The Balaban J connectivity index is 1.38. The molecule has 4 heterocycles. The highest BCUT2D eigenvalue weighted by atomic mass is 19.4. The van der Waals surface area contributed by atoms with Gasteiger partial charge in [0, 0.05) is 47.8 Å². The molecule has 2 atom stereocenters. The number of hydrogen-bond donors (Lipinski definition) is 2. The number of hydrogen-bond acceptors (Lipinski definition) is 6. The molecule has 0 spiro atoms. The van der Waals surface area contributed by atoms with Crippen molar-refractivity contribution < 1.29 is 35.8 Å². The van der Waals surface area contributed by atoms with E-state index >= 15 is 0 Å². The van der Waals surface area contributed by atoms with Crippen molar-refractivity contribution in [3.63, 3.8) is 0 Å². The van der Waals surface area contributed by atoms with Gasteiger partial charge in [0.15, 0.2) is 12.1 Å². The fourth-order valence-corrected chi connectivity index (χ4v) is 7.20. The van der Waals surface area contributed by atoms with E-state index in [1.165, 1.54) is 19.3 Å². The minimum atomic E-state index is -5.00. The Morgan fingerprint density at radius 2 is 1.55 bits per heavy atom. The number of nitroso groups, excluding NO2 is 1. The standard InChI is InChI=1S/C34H40F6N5O2/c1-22-7-3-4-8-27(22)30-19-31(44-13-9-26(10-14-44)43-11-5-2-6-12-43)47-32-28(20-41-21-42-32)29(45(30)46)17-23-15-24(33(35,36)37)18-25(16-23)34(38,39)40/h3-4,7-8,15-16,18-19,26,29,31,41-42H,2,5-6,9-14,17,20-21H2,1H3/q+1/b30-19-. The van der Waals surface area contributed by atoms with E-state index in [4.69, 9.17) is 4.74 Å². The molecule has 4 aliphatic heterocycles. The monoisotopic (exact) mass is 664 g/mol. The first-order valence-corrected chi connectivity index (χ1v) is 16.2. The van der Waals surface area contributed by atoms with Crippen molar-refractivity contribution in [2.24, 2.45) is 0 Å². The van der Waals surface area contributed by atoms with Crippen molar-refractivity contribution in [1.29, 1.82) is 0 Å². The molecule has 2 saturated heterocycles. The second-order valence-electron chi connectivity index (χ2n) is 12.8. The molecule has 2 aromatic carbocycles. The first-order chi connectivity index (χ1) is 22.4. The topological polar surface area (TPSA) is 59.9 Å². The summed E-state index contributed by atoms with van der Waals surface area (Å²) in [6, 6.07) is 8.10. The third-order valence-electron chi connectivity index (χ3n) is 9.71. The summed E-state index contributed by atoms with van der Waals surface area (Å²) in [5, 5.41) is 6.28. The van der Waals surface area contributed by atoms with Gasteiger partial charge < -0.3 is 15.0 Å². The maximum atomic E-state index is 14.6. The first kappa shape index (κ1) is 33.5. The van der Waals surface area contributed by atoms with Gasteiger partial charge in [-0.3, -0.25) is 10.2 Å². The van der Waals surface area contributed by atoms with Gasteiger partial charge >= 0.3 is 12.4 Å². The minimum Gasteiger partial charge on any atom is -0.456 e. The zero-order chi connectivity index (χ0) is 33.3. The molecule has 2 aromatic rings. The van der Waals surface area contributed by atoms with Gasteiger partial charge in [0.25, 0.3) is 5.70 Å². The second-order valence-corrected chi connectivity index (χ2v) is 12.8. The van der Waals surface area contributed by atoms with Crippen LogP contribution in [-0.4, -0.2) is 72.3 Å². The van der Waals surface area contributed by atoms with Gasteiger partial charge in [-0.25, -0.2) is 0 Å².